The molecule has 1 aromatic carbocycles. The van der Waals surface area contributed by atoms with Gasteiger partial charge in [0, 0.05) is 24.0 Å². The van der Waals surface area contributed by atoms with Crippen LogP contribution >= 0.6 is 0 Å². The lowest BCUT2D eigenvalue weighted by Gasteiger charge is -2.24. The Labute approximate surface area is 173 Å². The first-order valence-corrected chi connectivity index (χ1v) is 10.3. The first kappa shape index (κ1) is 22.9. The molecule has 2 aromatic rings. The molecule has 0 saturated carbocycles. The second-order valence-corrected chi connectivity index (χ2v) is 8.56. The highest BCUT2D eigenvalue weighted by Crippen LogP contribution is 2.23. The monoisotopic (exact) mass is 402 g/mol. The number of carbonyl (C=O) groups is 2. The topological polar surface area (TPSA) is 60.8 Å². The summed E-state index contributed by atoms with van der Waals surface area (Å²) in [7, 11) is 4.04. The van der Waals surface area contributed by atoms with Gasteiger partial charge >= 0.3 is 12.1 Å². The Morgan fingerprint density at radius 1 is 1.00 bits per heavy atom. The maximum Gasteiger partial charge on any atom is 0.421 e. The molecule has 6 heteroatoms. The summed E-state index contributed by atoms with van der Waals surface area (Å²) >= 11 is 0. The van der Waals surface area contributed by atoms with Crippen LogP contribution in [0.5, 0.6) is 0 Å². The molecule has 6 nitrogen and oxygen atoms in total. The second kappa shape index (κ2) is 9.92. The maximum absolute atomic E-state index is 12.9. The van der Waals surface area contributed by atoms with Gasteiger partial charge in [-0.05, 0) is 38.1 Å². The molecule has 1 aromatic heterocycles. The molecule has 1 heterocycles. The molecule has 0 spiro atoms. The molecule has 0 saturated heterocycles. The minimum atomic E-state index is -0.928. The van der Waals surface area contributed by atoms with Gasteiger partial charge in [0.1, 0.15) is 0 Å². The highest BCUT2D eigenvalue weighted by atomic mass is 16.7. The van der Waals surface area contributed by atoms with Gasteiger partial charge in [-0.2, -0.15) is 0 Å². The minimum absolute atomic E-state index is 0.152. The van der Waals surface area contributed by atoms with Crippen molar-refractivity contribution in [3.05, 3.63) is 36.0 Å². The zero-order valence-electron chi connectivity index (χ0n) is 18.6. The van der Waals surface area contributed by atoms with Gasteiger partial charge in [0.25, 0.3) is 6.29 Å². The Bertz CT molecular complexity index is 839. The summed E-state index contributed by atoms with van der Waals surface area (Å²) in [6.07, 6.45) is 1.18. The van der Waals surface area contributed by atoms with Crippen LogP contribution in [0.4, 0.5) is 4.79 Å². The van der Waals surface area contributed by atoms with Gasteiger partial charge in [-0.1, -0.05) is 52.8 Å². The molecule has 0 fully saturated rings. The van der Waals surface area contributed by atoms with Crippen molar-refractivity contribution in [3.63, 3.8) is 0 Å². The zero-order chi connectivity index (χ0) is 21.7. The molecule has 0 aliphatic heterocycles. The van der Waals surface area contributed by atoms with Gasteiger partial charge in [-0.15, -0.1) is 0 Å². The Morgan fingerprint density at radius 2 is 1.66 bits per heavy atom. The van der Waals surface area contributed by atoms with Crippen molar-refractivity contribution in [2.45, 2.75) is 47.3 Å². The first-order valence-electron chi connectivity index (χ1n) is 10.3. The molecule has 0 aliphatic carbocycles. The summed E-state index contributed by atoms with van der Waals surface area (Å²) in [5.41, 5.74) is 1.87. The van der Waals surface area contributed by atoms with Crippen LogP contribution in [0.1, 0.15) is 40.2 Å². The highest BCUT2D eigenvalue weighted by Gasteiger charge is 2.28. The van der Waals surface area contributed by atoms with Crippen molar-refractivity contribution in [2.24, 2.45) is 17.8 Å². The number of hydrogen-bond donors (Lipinski definition) is 0. The van der Waals surface area contributed by atoms with E-state index in [9.17, 15) is 9.59 Å². The first-order chi connectivity index (χ1) is 13.6. The lowest BCUT2D eigenvalue weighted by Crippen LogP contribution is -2.33. The molecule has 0 aliphatic rings. The van der Waals surface area contributed by atoms with Crippen LogP contribution < -0.4 is 0 Å². The second-order valence-electron chi connectivity index (χ2n) is 8.56. The maximum atomic E-state index is 12.9. The Kier molecular flexibility index (Phi) is 7.85. The summed E-state index contributed by atoms with van der Waals surface area (Å²) in [6.45, 7) is 10.3. The van der Waals surface area contributed by atoms with E-state index < -0.39 is 12.4 Å². The zero-order valence-corrected chi connectivity index (χ0v) is 18.6. The lowest BCUT2D eigenvalue weighted by molar-refractivity contribution is -0.180. The van der Waals surface area contributed by atoms with Crippen LogP contribution in [0.25, 0.3) is 10.9 Å². The summed E-state index contributed by atoms with van der Waals surface area (Å²) in [5, 5.41) is 1.03. The Hall–Kier alpha value is -2.34. The number of fused-ring (bicyclic) bond motifs is 1. The number of aromatic nitrogens is 1. The molecule has 160 valence electrons. The van der Waals surface area contributed by atoms with Crippen LogP contribution in [0.3, 0.4) is 0 Å². The fourth-order valence-corrected chi connectivity index (χ4v) is 2.89. The van der Waals surface area contributed by atoms with Crippen molar-refractivity contribution in [2.75, 3.05) is 20.6 Å². The smallest absolute Gasteiger partial charge is 0.421 e. The fraction of sp³-hybridized carbons (Fsp3) is 0.565. The molecule has 0 N–H and O–H groups in total. The third kappa shape index (κ3) is 5.82. The number of nitrogens with zero attached hydrogens (tertiary/aromatic N) is 2. The number of likely N-dealkylation sites (N-methyl/N-ethyl adjacent to an activating group) is 1. The number of ether oxygens (including phenoxy) is 2. The van der Waals surface area contributed by atoms with Crippen LogP contribution in [-0.4, -0.2) is 48.5 Å². The third-order valence-corrected chi connectivity index (χ3v) is 5.18. The summed E-state index contributed by atoms with van der Waals surface area (Å²) in [6, 6.07) is 7.76. The van der Waals surface area contributed by atoms with E-state index in [2.05, 4.69) is 4.90 Å². The summed E-state index contributed by atoms with van der Waals surface area (Å²) < 4.78 is 12.6. The van der Waals surface area contributed by atoms with Gasteiger partial charge in [-0.3, -0.25) is 9.36 Å². The van der Waals surface area contributed by atoms with E-state index in [0.29, 0.717) is 0 Å². The standard InChI is InChI=1S/C23H34N2O4/c1-15(2)17(5)21(26)28-22(16(3)4)29-23(27)25-14-18(12-13-24(6)7)19-10-8-9-11-20(19)25/h8-11,14-17,22H,12-13H2,1-7H3. The summed E-state index contributed by atoms with van der Waals surface area (Å²) in [5.74, 6) is -0.619. The fourth-order valence-electron chi connectivity index (χ4n) is 2.89. The van der Waals surface area contributed by atoms with Gasteiger partial charge in [0.05, 0.1) is 11.4 Å². The summed E-state index contributed by atoms with van der Waals surface area (Å²) in [4.78, 5) is 27.4. The predicted molar refractivity (Wildman–Crippen MR) is 115 cm³/mol. The molecule has 0 radical (unpaired) electrons. The van der Waals surface area contributed by atoms with E-state index in [1.54, 1.807) is 0 Å². The number of hydrogen-bond acceptors (Lipinski definition) is 5. The molecular weight excluding hydrogens is 368 g/mol. The minimum Gasteiger partial charge on any atom is -0.425 e. The average Bonchev–Trinajstić information content (AvgIpc) is 3.03. The largest absolute Gasteiger partial charge is 0.425 e. The molecule has 0 bridgehead atoms. The number of carbonyl (C=O) groups excluding carboxylic acids is 2. The number of para-hydroxylation sites is 1. The van der Waals surface area contributed by atoms with E-state index in [-0.39, 0.29) is 23.7 Å². The number of esters is 1. The number of benzene rings is 1. The van der Waals surface area contributed by atoms with Crippen molar-refractivity contribution >= 4 is 23.0 Å². The lowest BCUT2D eigenvalue weighted by atomic mass is 9.98. The normalized spacial score (nSPS) is 13.9. The Morgan fingerprint density at radius 3 is 2.24 bits per heavy atom. The van der Waals surface area contributed by atoms with Gasteiger partial charge < -0.3 is 14.4 Å². The van der Waals surface area contributed by atoms with E-state index in [1.807, 2.05) is 79.2 Å². The van der Waals surface area contributed by atoms with Crippen molar-refractivity contribution in [1.82, 2.24) is 9.47 Å². The van der Waals surface area contributed by atoms with Gasteiger partial charge in [-0.25, -0.2) is 4.79 Å². The van der Waals surface area contributed by atoms with Crippen LogP contribution in [0.15, 0.2) is 30.5 Å². The van der Waals surface area contributed by atoms with Gasteiger partial charge in [0.15, 0.2) is 0 Å². The van der Waals surface area contributed by atoms with Crippen LogP contribution in [0.2, 0.25) is 0 Å². The SMILES string of the molecule is CC(C)C(OC(=O)C(C)C(C)C)OC(=O)n1cc(CCN(C)C)c2ccccc21. The van der Waals surface area contributed by atoms with E-state index in [0.717, 1.165) is 29.4 Å². The predicted octanol–water partition coefficient (Wildman–Crippen LogP) is 4.55. The Balaban J connectivity index is 2.23. The molecule has 0 amide bonds. The molecule has 2 atom stereocenters. The van der Waals surface area contributed by atoms with E-state index >= 15 is 0 Å². The van der Waals surface area contributed by atoms with Crippen LogP contribution in [0, 0.1) is 17.8 Å². The highest BCUT2D eigenvalue weighted by molar-refractivity contribution is 5.92. The molecular formula is C23H34N2O4. The van der Waals surface area contributed by atoms with Crippen molar-refractivity contribution in [1.29, 1.82) is 0 Å². The van der Waals surface area contributed by atoms with E-state index in [1.165, 1.54) is 4.57 Å². The quantitative estimate of drug-likeness (QED) is 0.479. The molecule has 2 unspecified atom stereocenters. The van der Waals surface area contributed by atoms with Crippen LogP contribution in [-0.2, 0) is 20.7 Å². The average molecular weight is 403 g/mol. The van der Waals surface area contributed by atoms with Gasteiger partial charge in [0.2, 0.25) is 0 Å². The molecule has 2 rings (SSSR count). The third-order valence-electron chi connectivity index (χ3n) is 5.18. The van der Waals surface area contributed by atoms with E-state index in [4.69, 9.17) is 9.47 Å². The number of rotatable bonds is 8. The van der Waals surface area contributed by atoms with Crippen molar-refractivity contribution < 1.29 is 19.1 Å². The molecule has 29 heavy (non-hydrogen) atoms. The van der Waals surface area contributed by atoms with Crippen molar-refractivity contribution in [3.8, 4) is 0 Å².